The average Bonchev–Trinajstić information content (AvgIpc) is 2.90. The van der Waals surface area contributed by atoms with Gasteiger partial charge in [0.15, 0.2) is 0 Å². The fourth-order valence-corrected chi connectivity index (χ4v) is 2.80. The summed E-state index contributed by atoms with van der Waals surface area (Å²) >= 11 is 0. The maximum atomic E-state index is 4.48. The molecule has 0 N–H and O–H groups in total. The highest BCUT2D eigenvalue weighted by atomic mass is 15.1. The van der Waals surface area contributed by atoms with Crippen molar-refractivity contribution in [3.63, 3.8) is 0 Å². The highest BCUT2D eigenvalue weighted by Gasteiger charge is 2.07. The van der Waals surface area contributed by atoms with Crippen LogP contribution >= 0.6 is 0 Å². The Bertz CT molecular complexity index is 787. The van der Waals surface area contributed by atoms with Crippen LogP contribution in [-0.2, 0) is 13.1 Å². The number of benzene rings is 1. The number of anilines is 1. The first-order valence-corrected chi connectivity index (χ1v) is 7.90. The first-order chi connectivity index (χ1) is 11.0. The molecule has 0 fully saturated rings. The lowest BCUT2D eigenvalue weighted by molar-refractivity contribution is 0.314. The summed E-state index contributed by atoms with van der Waals surface area (Å²) in [5.41, 5.74) is 6.03. The van der Waals surface area contributed by atoms with E-state index in [-0.39, 0.29) is 0 Å². The minimum atomic E-state index is 0.875. The molecule has 4 nitrogen and oxygen atoms in total. The highest BCUT2D eigenvalue weighted by Crippen LogP contribution is 2.15. The number of hydrogen-bond acceptors (Lipinski definition) is 3. The molecule has 0 aliphatic rings. The zero-order valence-corrected chi connectivity index (χ0v) is 14.3. The monoisotopic (exact) mass is 308 g/mol. The minimum Gasteiger partial charge on any atom is -0.378 e. The van der Waals surface area contributed by atoms with Crippen LogP contribution in [0.2, 0.25) is 0 Å². The van der Waals surface area contributed by atoms with Crippen LogP contribution in [0.4, 0.5) is 5.69 Å². The van der Waals surface area contributed by atoms with E-state index >= 15 is 0 Å². The summed E-state index contributed by atoms with van der Waals surface area (Å²) in [5, 5.41) is 0. The molecule has 23 heavy (non-hydrogen) atoms. The maximum absolute atomic E-state index is 4.48. The van der Waals surface area contributed by atoms with Gasteiger partial charge in [0.05, 0.1) is 11.9 Å². The van der Waals surface area contributed by atoms with E-state index in [1.54, 1.807) is 0 Å². The van der Waals surface area contributed by atoms with Crippen LogP contribution in [0.25, 0.3) is 5.65 Å². The summed E-state index contributed by atoms with van der Waals surface area (Å²) in [6.07, 6.45) is 4.12. The van der Waals surface area contributed by atoms with Crippen LogP contribution in [0, 0.1) is 6.92 Å². The molecule has 120 valence electrons. The molecule has 0 saturated carbocycles. The van der Waals surface area contributed by atoms with Gasteiger partial charge in [-0.3, -0.25) is 4.90 Å². The summed E-state index contributed by atoms with van der Waals surface area (Å²) in [7, 11) is 6.27. The molecule has 0 unspecified atom stereocenters. The van der Waals surface area contributed by atoms with Crippen molar-refractivity contribution in [1.29, 1.82) is 0 Å². The lowest BCUT2D eigenvalue weighted by Crippen LogP contribution is -2.18. The van der Waals surface area contributed by atoms with E-state index in [2.05, 4.69) is 89.8 Å². The van der Waals surface area contributed by atoms with Gasteiger partial charge in [-0.05, 0) is 43.3 Å². The summed E-state index contributed by atoms with van der Waals surface area (Å²) < 4.78 is 2.18. The normalized spacial score (nSPS) is 11.3. The van der Waals surface area contributed by atoms with Crippen LogP contribution in [0.3, 0.4) is 0 Å². The third kappa shape index (κ3) is 3.54. The van der Waals surface area contributed by atoms with Gasteiger partial charge in [-0.25, -0.2) is 4.98 Å². The molecule has 3 rings (SSSR count). The minimum absolute atomic E-state index is 0.875. The van der Waals surface area contributed by atoms with Crippen molar-refractivity contribution < 1.29 is 0 Å². The molecule has 2 heterocycles. The molecule has 0 aliphatic heterocycles. The Hall–Kier alpha value is -2.33. The van der Waals surface area contributed by atoms with Crippen molar-refractivity contribution in [2.45, 2.75) is 20.0 Å². The van der Waals surface area contributed by atoms with E-state index in [1.807, 2.05) is 6.20 Å². The van der Waals surface area contributed by atoms with Crippen molar-refractivity contribution >= 4 is 11.3 Å². The smallest absolute Gasteiger partial charge is 0.136 e. The van der Waals surface area contributed by atoms with Gasteiger partial charge in [-0.1, -0.05) is 18.2 Å². The van der Waals surface area contributed by atoms with Crippen molar-refractivity contribution in [3.8, 4) is 0 Å². The van der Waals surface area contributed by atoms with E-state index in [9.17, 15) is 0 Å². The largest absolute Gasteiger partial charge is 0.378 e. The molecule has 3 aromatic rings. The van der Waals surface area contributed by atoms with Crippen molar-refractivity contribution in [2.75, 3.05) is 26.0 Å². The lowest BCUT2D eigenvalue weighted by atomic mass is 10.2. The molecule has 0 bridgehead atoms. The lowest BCUT2D eigenvalue weighted by Gasteiger charge is -2.18. The number of hydrogen-bond donors (Lipinski definition) is 0. The zero-order chi connectivity index (χ0) is 16.4. The van der Waals surface area contributed by atoms with E-state index in [1.165, 1.54) is 22.5 Å². The molecular formula is C19H24N4. The average molecular weight is 308 g/mol. The van der Waals surface area contributed by atoms with Crippen molar-refractivity contribution in [3.05, 3.63) is 65.6 Å². The Morgan fingerprint density at radius 3 is 2.39 bits per heavy atom. The van der Waals surface area contributed by atoms with Gasteiger partial charge < -0.3 is 9.30 Å². The van der Waals surface area contributed by atoms with E-state index in [4.69, 9.17) is 0 Å². The van der Waals surface area contributed by atoms with Crippen molar-refractivity contribution in [1.82, 2.24) is 14.3 Å². The fraction of sp³-hybridized carbons (Fsp3) is 0.316. The quantitative estimate of drug-likeness (QED) is 0.722. The summed E-state index contributed by atoms with van der Waals surface area (Å²) in [6.45, 7) is 3.91. The molecule has 0 spiro atoms. The van der Waals surface area contributed by atoms with E-state index in [0.29, 0.717) is 0 Å². The Balaban J connectivity index is 1.70. The molecular weight excluding hydrogens is 284 g/mol. The SMILES string of the molecule is Cc1ccc2ncc(CN(C)Cc3ccc(N(C)C)cc3)n2c1. The molecule has 1 aromatic carbocycles. The summed E-state index contributed by atoms with van der Waals surface area (Å²) in [5.74, 6) is 0. The maximum Gasteiger partial charge on any atom is 0.136 e. The first-order valence-electron chi connectivity index (χ1n) is 7.90. The summed E-state index contributed by atoms with van der Waals surface area (Å²) in [6, 6.07) is 12.9. The highest BCUT2D eigenvalue weighted by molar-refractivity contribution is 5.46. The number of aromatic nitrogens is 2. The Morgan fingerprint density at radius 1 is 0.957 bits per heavy atom. The van der Waals surface area contributed by atoms with Crippen LogP contribution in [-0.4, -0.2) is 35.4 Å². The molecule has 2 aromatic heterocycles. The van der Waals surface area contributed by atoms with Crippen LogP contribution in [0.15, 0.2) is 48.8 Å². The number of aryl methyl sites for hydroxylation is 1. The number of nitrogens with zero attached hydrogens (tertiary/aromatic N) is 4. The molecule has 0 atom stereocenters. The van der Waals surface area contributed by atoms with Crippen LogP contribution < -0.4 is 4.90 Å². The standard InChI is InChI=1S/C19H24N4/c1-15-5-10-19-20-11-18(23(19)12-15)14-22(4)13-16-6-8-17(9-7-16)21(2)3/h5-12H,13-14H2,1-4H3. The van der Waals surface area contributed by atoms with Gasteiger partial charge >= 0.3 is 0 Å². The van der Waals surface area contributed by atoms with Gasteiger partial charge in [-0.15, -0.1) is 0 Å². The predicted molar refractivity (Wildman–Crippen MR) is 95.9 cm³/mol. The van der Waals surface area contributed by atoms with Crippen LogP contribution in [0.1, 0.15) is 16.8 Å². The second-order valence-corrected chi connectivity index (χ2v) is 6.42. The van der Waals surface area contributed by atoms with Crippen LogP contribution in [0.5, 0.6) is 0 Å². The Kier molecular flexibility index (Phi) is 4.35. The van der Waals surface area contributed by atoms with E-state index in [0.717, 1.165) is 18.7 Å². The van der Waals surface area contributed by atoms with Gasteiger partial charge in [0, 0.05) is 39.1 Å². The van der Waals surface area contributed by atoms with Crippen molar-refractivity contribution in [2.24, 2.45) is 0 Å². The number of pyridine rings is 1. The van der Waals surface area contributed by atoms with Gasteiger partial charge in [0.25, 0.3) is 0 Å². The third-order valence-electron chi connectivity index (χ3n) is 4.07. The first kappa shape index (κ1) is 15.6. The Morgan fingerprint density at radius 2 is 1.70 bits per heavy atom. The Labute approximate surface area is 138 Å². The number of fused-ring (bicyclic) bond motifs is 1. The molecule has 0 amide bonds. The molecule has 0 saturated heterocycles. The summed E-state index contributed by atoms with van der Waals surface area (Å²) in [4.78, 5) is 8.92. The van der Waals surface area contributed by atoms with Gasteiger partial charge in [0.1, 0.15) is 5.65 Å². The molecule has 0 radical (unpaired) electrons. The number of rotatable bonds is 5. The predicted octanol–water partition coefficient (Wildman–Crippen LogP) is 3.34. The fourth-order valence-electron chi connectivity index (χ4n) is 2.80. The second kappa shape index (κ2) is 6.42. The van der Waals surface area contributed by atoms with Gasteiger partial charge in [0.2, 0.25) is 0 Å². The second-order valence-electron chi connectivity index (χ2n) is 6.42. The third-order valence-corrected chi connectivity index (χ3v) is 4.07. The van der Waals surface area contributed by atoms with E-state index < -0.39 is 0 Å². The molecule has 0 aliphatic carbocycles. The topological polar surface area (TPSA) is 23.8 Å². The van der Waals surface area contributed by atoms with Gasteiger partial charge in [-0.2, -0.15) is 0 Å². The zero-order valence-electron chi connectivity index (χ0n) is 14.3. The number of imidazole rings is 1. The molecule has 4 heteroatoms.